The molecule has 1 heterocycles. The summed E-state index contributed by atoms with van der Waals surface area (Å²) in [5.74, 6) is 0.798. The van der Waals surface area contributed by atoms with Crippen LogP contribution in [0.3, 0.4) is 0 Å². The van der Waals surface area contributed by atoms with Gasteiger partial charge in [-0.25, -0.2) is 4.68 Å². The molecule has 0 fully saturated rings. The Morgan fingerprint density at radius 2 is 2.10 bits per heavy atom. The van der Waals surface area contributed by atoms with E-state index in [1.54, 1.807) is 12.1 Å². The van der Waals surface area contributed by atoms with E-state index in [0.29, 0.717) is 11.3 Å². The first-order valence-corrected chi connectivity index (χ1v) is 7.42. The summed E-state index contributed by atoms with van der Waals surface area (Å²) in [5, 5.41) is 3.56. The third-order valence-electron chi connectivity index (χ3n) is 2.68. The number of aromatic nitrogens is 2. The molecule has 0 amide bonds. The highest BCUT2D eigenvalue weighted by molar-refractivity contribution is 7.99. The van der Waals surface area contributed by atoms with Crippen LogP contribution in [0.5, 0.6) is 0 Å². The monoisotopic (exact) mass is 331 g/mol. The lowest BCUT2D eigenvalue weighted by molar-refractivity contribution is -0.141. The van der Waals surface area contributed by atoms with E-state index in [1.807, 2.05) is 13.0 Å². The smallest absolute Gasteiger partial charge is 0.389 e. The summed E-state index contributed by atoms with van der Waals surface area (Å²) < 4.78 is 39.1. The highest BCUT2D eigenvalue weighted by Gasteiger charge is 2.33. The first-order valence-electron chi connectivity index (χ1n) is 6.03. The number of hydrogen-bond acceptors (Lipinski definition) is 3. The molecule has 0 atom stereocenters. The quantitative estimate of drug-likeness (QED) is 0.686. The molecule has 112 valence electrons. The van der Waals surface area contributed by atoms with E-state index in [9.17, 15) is 13.2 Å². The first kappa shape index (κ1) is 15.8. The molecule has 2 rings (SSSR count). The molecule has 0 aliphatic heterocycles. The zero-order chi connectivity index (χ0) is 15.6. The van der Waals surface area contributed by atoms with Crippen molar-refractivity contribution in [1.29, 1.82) is 0 Å². The molecular weight excluding hydrogens is 319 g/mol. The van der Waals surface area contributed by atoms with E-state index in [1.165, 1.54) is 18.0 Å². The van der Waals surface area contributed by atoms with Crippen molar-refractivity contribution in [2.45, 2.75) is 18.0 Å². The normalized spacial score (nSPS) is 11.6. The number of alkyl halides is 3. The SMILES string of the molecule is CCSc1cccc(-n2ccc(C(F)(F)F)n2)c1C(N)=S. The average molecular weight is 331 g/mol. The fourth-order valence-electron chi connectivity index (χ4n) is 1.84. The number of benzene rings is 1. The zero-order valence-corrected chi connectivity index (χ0v) is 12.6. The van der Waals surface area contributed by atoms with Gasteiger partial charge in [-0.1, -0.05) is 25.2 Å². The lowest BCUT2D eigenvalue weighted by Crippen LogP contribution is -2.16. The van der Waals surface area contributed by atoms with Gasteiger partial charge in [-0.15, -0.1) is 11.8 Å². The molecule has 0 aliphatic carbocycles. The summed E-state index contributed by atoms with van der Waals surface area (Å²) in [6, 6.07) is 6.13. The van der Waals surface area contributed by atoms with Crippen molar-refractivity contribution in [3.05, 3.63) is 41.7 Å². The Labute approximate surface area is 129 Å². The Hall–Kier alpha value is -1.54. The van der Waals surface area contributed by atoms with Crippen LogP contribution in [0.4, 0.5) is 13.2 Å². The second-order valence-corrected chi connectivity index (χ2v) is 5.84. The molecule has 8 heteroatoms. The molecular formula is C13H12F3N3S2. The summed E-state index contributed by atoms with van der Waals surface area (Å²) in [4.78, 5) is 0.956. The molecule has 0 unspecified atom stereocenters. The maximum absolute atomic E-state index is 12.6. The average Bonchev–Trinajstić information content (AvgIpc) is 2.87. The molecule has 0 saturated carbocycles. The number of halogens is 3. The zero-order valence-electron chi connectivity index (χ0n) is 11.0. The molecule has 3 nitrogen and oxygen atoms in total. The van der Waals surface area contributed by atoms with Crippen LogP contribution in [0.1, 0.15) is 18.2 Å². The van der Waals surface area contributed by atoms with Crippen LogP contribution >= 0.6 is 24.0 Å². The van der Waals surface area contributed by atoms with Gasteiger partial charge in [-0.05, 0) is 24.0 Å². The van der Waals surface area contributed by atoms with E-state index in [4.69, 9.17) is 18.0 Å². The molecule has 0 bridgehead atoms. The van der Waals surface area contributed by atoms with Crippen molar-refractivity contribution in [3.63, 3.8) is 0 Å². The minimum Gasteiger partial charge on any atom is -0.389 e. The van der Waals surface area contributed by atoms with Crippen molar-refractivity contribution in [2.75, 3.05) is 5.75 Å². The number of nitrogens with zero attached hydrogens (tertiary/aromatic N) is 2. The lowest BCUT2D eigenvalue weighted by Gasteiger charge is -2.13. The summed E-state index contributed by atoms with van der Waals surface area (Å²) in [7, 11) is 0. The van der Waals surface area contributed by atoms with Gasteiger partial charge in [0.2, 0.25) is 0 Å². The van der Waals surface area contributed by atoms with Gasteiger partial charge in [0.25, 0.3) is 0 Å². The Kier molecular flexibility index (Phi) is 4.58. The number of thiocarbonyl (C=S) groups is 1. The molecule has 0 aliphatic rings. The van der Waals surface area contributed by atoms with Gasteiger partial charge < -0.3 is 5.73 Å². The van der Waals surface area contributed by atoms with Gasteiger partial charge >= 0.3 is 6.18 Å². The molecule has 0 spiro atoms. The van der Waals surface area contributed by atoms with Gasteiger partial charge in [0.05, 0.1) is 5.69 Å². The summed E-state index contributed by atoms with van der Waals surface area (Å²) in [6.45, 7) is 1.97. The second-order valence-electron chi connectivity index (χ2n) is 4.09. The number of rotatable bonds is 4. The summed E-state index contributed by atoms with van der Waals surface area (Å²) in [6.07, 6.45) is -3.23. The van der Waals surface area contributed by atoms with Crippen molar-refractivity contribution in [2.24, 2.45) is 5.73 Å². The maximum Gasteiger partial charge on any atom is 0.435 e. The topological polar surface area (TPSA) is 43.8 Å². The molecule has 21 heavy (non-hydrogen) atoms. The Morgan fingerprint density at radius 1 is 1.38 bits per heavy atom. The van der Waals surface area contributed by atoms with Crippen LogP contribution in [-0.4, -0.2) is 20.5 Å². The van der Waals surface area contributed by atoms with Crippen LogP contribution in [0.25, 0.3) is 5.69 Å². The predicted octanol–water partition coefficient (Wildman–Crippen LogP) is 3.64. The van der Waals surface area contributed by atoms with E-state index in [2.05, 4.69) is 5.10 Å². The first-order chi connectivity index (χ1) is 9.84. The standard InChI is InChI=1S/C13H12F3N3S2/c1-2-21-9-5-3-4-8(11(9)12(17)20)19-7-6-10(18-19)13(14,15)16/h3-7H,2H2,1H3,(H2,17,20). The van der Waals surface area contributed by atoms with Crippen molar-refractivity contribution >= 4 is 29.0 Å². The number of nitrogens with two attached hydrogens (primary N) is 1. The van der Waals surface area contributed by atoms with Crippen LogP contribution in [0.2, 0.25) is 0 Å². The van der Waals surface area contributed by atoms with Crippen molar-refractivity contribution in [3.8, 4) is 5.69 Å². The van der Waals surface area contributed by atoms with Gasteiger partial charge in [0, 0.05) is 16.7 Å². The van der Waals surface area contributed by atoms with Crippen molar-refractivity contribution < 1.29 is 13.2 Å². The molecule has 1 aromatic heterocycles. The summed E-state index contributed by atoms with van der Waals surface area (Å²) in [5.41, 5.74) is 5.76. The Balaban J connectivity index is 2.56. The van der Waals surface area contributed by atoms with E-state index in [-0.39, 0.29) is 4.99 Å². The van der Waals surface area contributed by atoms with Gasteiger partial charge in [0.15, 0.2) is 5.69 Å². The van der Waals surface area contributed by atoms with Crippen LogP contribution in [0, 0.1) is 0 Å². The maximum atomic E-state index is 12.6. The van der Waals surface area contributed by atoms with E-state index in [0.717, 1.165) is 21.4 Å². The third kappa shape index (κ3) is 3.38. The highest BCUT2D eigenvalue weighted by atomic mass is 32.2. The van der Waals surface area contributed by atoms with Crippen LogP contribution < -0.4 is 5.73 Å². The highest BCUT2D eigenvalue weighted by Crippen LogP contribution is 2.30. The number of thioether (sulfide) groups is 1. The fraction of sp³-hybridized carbons (Fsp3) is 0.231. The number of hydrogen-bond donors (Lipinski definition) is 1. The molecule has 0 radical (unpaired) electrons. The van der Waals surface area contributed by atoms with E-state index < -0.39 is 11.9 Å². The van der Waals surface area contributed by atoms with Crippen LogP contribution in [0.15, 0.2) is 35.4 Å². The van der Waals surface area contributed by atoms with E-state index >= 15 is 0 Å². The van der Waals surface area contributed by atoms with Gasteiger partial charge in [0.1, 0.15) is 4.99 Å². The van der Waals surface area contributed by atoms with Gasteiger partial charge in [-0.2, -0.15) is 18.3 Å². The minimum atomic E-state index is -4.48. The molecule has 2 aromatic rings. The van der Waals surface area contributed by atoms with Crippen LogP contribution in [-0.2, 0) is 6.18 Å². The summed E-state index contributed by atoms with van der Waals surface area (Å²) >= 11 is 6.55. The Bertz CT molecular complexity index is 665. The second kappa shape index (κ2) is 6.07. The third-order valence-corrected chi connectivity index (χ3v) is 3.82. The van der Waals surface area contributed by atoms with Gasteiger partial charge in [-0.3, -0.25) is 0 Å². The molecule has 1 aromatic carbocycles. The fourth-order valence-corrected chi connectivity index (χ4v) is 2.97. The minimum absolute atomic E-state index is 0.130. The van der Waals surface area contributed by atoms with Crippen molar-refractivity contribution in [1.82, 2.24) is 9.78 Å². The predicted molar refractivity (Wildman–Crippen MR) is 80.9 cm³/mol. The molecule has 0 saturated heterocycles. The molecule has 2 N–H and O–H groups in total. The largest absolute Gasteiger partial charge is 0.435 e. The Morgan fingerprint density at radius 3 is 2.62 bits per heavy atom. The lowest BCUT2D eigenvalue weighted by atomic mass is 10.2.